The van der Waals surface area contributed by atoms with E-state index in [0.29, 0.717) is 11.3 Å². The summed E-state index contributed by atoms with van der Waals surface area (Å²) in [5, 5.41) is 0. The van der Waals surface area contributed by atoms with Crippen molar-refractivity contribution in [1.29, 1.82) is 0 Å². The maximum atomic E-state index is 4.49. The van der Waals surface area contributed by atoms with Gasteiger partial charge in [0.1, 0.15) is 0 Å². The highest BCUT2D eigenvalue weighted by Crippen LogP contribution is 2.62. The van der Waals surface area contributed by atoms with Crippen LogP contribution in [0.15, 0.2) is 54.2 Å². The van der Waals surface area contributed by atoms with Crippen LogP contribution < -0.4 is 0 Å². The lowest BCUT2D eigenvalue weighted by molar-refractivity contribution is 0.0816. The molecule has 0 aliphatic heterocycles. The van der Waals surface area contributed by atoms with Gasteiger partial charge in [0.15, 0.2) is 0 Å². The third-order valence-electron chi connectivity index (χ3n) is 11.0. The van der Waals surface area contributed by atoms with Gasteiger partial charge in [0, 0.05) is 0 Å². The predicted octanol–water partition coefficient (Wildman–Crippen LogP) is 8.83. The van der Waals surface area contributed by atoms with Crippen LogP contribution in [0.5, 0.6) is 0 Å². The summed E-state index contributed by atoms with van der Waals surface area (Å²) in [7, 11) is 0. The number of hydrogen-bond donors (Lipinski definition) is 0. The van der Waals surface area contributed by atoms with Gasteiger partial charge in [-0.25, -0.2) is 0 Å². The summed E-state index contributed by atoms with van der Waals surface area (Å²) in [5.74, 6) is 5.74. The summed E-state index contributed by atoms with van der Waals surface area (Å²) < 4.78 is 0. The van der Waals surface area contributed by atoms with E-state index < -0.39 is 0 Å². The van der Waals surface area contributed by atoms with Crippen LogP contribution in [-0.2, 0) is 12.8 Å². The van der Waals surface area contributed by atoms with Crippen molar-refractivity contribution in [3.63, 3.8) is 0 Å². The Balaban J connectivity index is 1.20. The average molecular weight is 441 g/mol. The lowest BCUT2D eigenvalue weighted by Crippen LogP contribution is -2.40. The summed E-state index contributed by atoms with van der Waals surface area (Å²) in [5.41, 5.74) is 8.73. The molecule has 0 saturated heterocycles. The molecule has 8 unspecified atom stereocenters. The topological polar surface area (TPSA) is 0 Å². The van der Waals surface area contributed by atoms with E-state index in [-0.39, 0.29) is 0 Å². The highest BCUT2D eigenvalue weighted by atomic mass is 14.6. The van der Waals surface area contributed by atoms with Crippen LogP contribution >= 0.6 is 0 Å². The first-order valence-corrected chi connectivity index (χ1v) is 14.2. The molecule has 0 N–H and O–H groups in total. The molecule has 176 valence electrons. The molecule has 0 amide bonds. The van der Waals surface area contributed by atoms with E-state index in [9.17, 15) is 0 Å². The van der Waals surface area contributed by atoms with Crippen LogP contribution in [-0.4, -0.2) is 0 Å². The van der Waals surface area contributed by atoms with Gasteiger partial charge in [-0.05, 0) is 128 Å². The van der Waals surface area contributed by atoms with Crippen LogP contribution in [0.2, 0.25) is 0 Å². The number of benzene rings is 1. The van der Waals surface area contributed by atoms with Crippen molar-refractivity contribution in [2.45, 2.75) is 90.9 Å². The normalized spacial score (nSPS) is 40.0. The Labute approximate surface area is 202 Å². The standard InChI is InChI=1S/C33H44/c1-5-6-27(31-20-24-8-10-26(31)19-24)21(2)17-23-9-12-28-25(18-23)11-13-30-29(28)15-16-33(4)22(3)7-14-32(30)33/h6,8-10,12,18,21,24,26,29-32H,3,5,7,11,13-17,19-20H2,1-2,4H3/b27-6-. The zero-order chi connectivity index (χ0) is 22.7. The van der Waals surface area contributed by atoms with E-state index in [1.165, 1.54) is 64.2 Å². The van der Waals surface area contributed by atoms with E-state index in [0.717, 1.165) is 35.5 Å². The largest absolute Gasteiger partial charge is 0.0993 e. The molecule has 0 nitrogen and oxygen atoms in total. The minimum Gasteiger partial charge on any atom is -0.0993 e. The van der Waals surface area contributed by atoms with Crippen LogP contribution in [0.4, 0.5) is 0 Å². The third kappa shape index (κ3) is 3.54. The van der Waals surface area contributed by atoms with Crippen molar-refractivity contribution in [2.75, 3.05) is 0 Å². The van der Waals surface area contributed by atoms with E-state index in [1.807, 2.05) is 0 Å². The quantitative estimate of drug-likeness (QED) is 0.401. The molecule has 2 bridgehead atoms. The summed E-state index contributed by atoms with van der Waals surface area (Å²) in [4.78, 5) is 0. The first-order valence-electron chi connectivity index (χ1n) is 14.2. The second-order valence-electron chi connectivity index (χ2n) is 12.7. The molecular formula is C33H44. The molecule has 33 heavy (non-hydrogen) atoms. The van der Waals surface area contributed by atoms with Gasteiger partial charge in [-0.3, -0.25) is 0 Å². The van der Waals surface area contributed by atoms with Gasteiger partial charge in [-0.2, -0.15) is 0 Å². The molecule has 6 rings (SSSR count). The van der Waals surface area contributed by atoms with Gasteiger partial charge >= 0.3 is 0 Å². The van der Waals surface area contributed by atoms with Crippen LogP contribution in [0.3, 0.4) is 0 Å². The molecule has 1 aromatic rings. The molecular weight excluding hydrogens is 396 g/mol. The first kappa shape index (κ1) is 21.9. The minimum absolute atomic E-state index is 0.435. The first-order chi connectivity index (χ1) is 16.0. The summed E-state index contributed by atoms with van der Waals surface area (Å²) in [6.07, 6.45) is 20.9. The van der Waals surface area contributed by atoms with Gasteiger partial charge in [0.2, 0.25) is 0 Å². The molecule has 0 aromatic heterocycles. The van der Waals surface area contributed by atoms with Crippen molar-refractivity contribution >= 4 is 0 Å². The Morgan fingerprint density at radius 3 is 2.79 bits per heavy atom. The molecule has 1 aromatic carbocycles. The minimum atomic E-state index is 0.435. The Bertz CT molecular complexity index is 991. The zero-order valence-electron chi connectivity index (χ0n) is 21.3. The summed E-state index contributed by atoms with van der Waals surface area (Å²) >= 11 is 0. The molecule has 0 heteroatoms. The molecule has 3 saturated carbocycles. The van der Waals surface area contributed by atoms with Crippen molar-refractivity contribution in [1.82, 2.24) is 0 Å². The van der Waals surface area contributed by atoms with Crippen molar-refractivity contribution in [3.8, 4) is 0 Å². The monoisotopic (exact) mass is 440 g/mol. The maximum absolute atomic E-state index is 4.49. The lowest BCUT2D eigenvalue weighted by atomic mass is 9.55. The zero-order valence-corrected chi connectivity index (χ0v) is 21.3. The summed E-state index contributed by atoms with van der Waals surface area (Å²) in [6.45, 7) is 11.9. The fraction of sp³-hybridized carbons (Fsp3) is 0.636. The molecule has 5 aliphatic carbocycles. The second-order valence-corrected chi connectivity index (χ2v) is 12.7. The predicted molar refractivity (Wildman–Crippen MR) is 140 cm³/mol. The van der Waals surface area contributed by atoms with Gasteiger partial charge in [0.05, 0.1) is 0 Å². The highest BCUT2D eigenvalue weighted by Gasteiger charge is 2.51. The van der Waals surface area contributed by atoms with Crippen molar-refractivity contribution in [2.24, 2.45) is 40.9 Å². The number of hydrogen-bond acceptors (Lipinski definition) is 0. The smallest absolute Gasteiger partial charge is 0.00876 e. The van der Waals surface area contributed by atoms with Crippen molar-refractivity contribution < 1.29 is 0 Å². The van der Waals surface area contributed by atoms with Gasteiger partial charge in [-0.1, -0.05) is 74.9 Å². The Morgan fingerprint density at radius 1 is 1.15 bits per heavy atom. The maximum Gasteiger partial charge on any atom is -0.00876 e. The fourth-order valence-corrected chi connectivity index (χ4v) is 9.26. The third-order valence-corrected chi connectivity index (χ3v) is 11.0. The van der Waals surface area contributed by atoms with Gasteiger partial charge < -0.3 is 0 Å². The second kappa shape index (κ2) is 8.28. The molecule has 0 spiro atoms. The van der Waals surface area contributed by atoms with E-state index in [2.05, 4.69) is 63.8 Å². The molecule has 0 heterocycles. The highest BCUT2D eigenvalue weighted by molar-refractivity contribution is 5.39. The fourth-order valence-electron chi connectivity index (χ4n) is 9.26. The number of fused-ring (bicyclic) bond motifs is 7. The molecule has 0 radical (unpaired) electrons. The number of aryl methyl sites for hydroxylation is 1. The van der Waals surface area contributed by atoms with E-state index >= 15 is 0 Å². The molecule has 3 fully saturated rings. The molecule has 5 aliphatic rings. The van der Waals surface area contributed by atoms with Crippen molar-refractivity contribution in [3.05, 3.63) is 70.8 Å². The lowest BCUT2D eigenvalue weighted by Gasteiger charge is -2.49. The Hall–Kier alpha value is -1.56. The van der Waals surface area contributed by atoms with Gasteiger partial charge in [0.25, 0.3) is 0 Å². The van der Waals surface area contributed by atoms with Crippen LogP contribution in [0.1, 0.15) is 94.7 Å². The Kier molecular flexibility index (Phi) is 5.51. The SMILES string of the molecule is C=C1CCC2C3CCc4cc(CC(C)/C(=C/CC)C5CC6C=CC5C6)ccc4C3CCC12C. The summed E-state index contributed by atoms with van der Waals surface area (Å²) in [6, 6.07) is 7.68. The Morgan fingerprint density at radius 2 is 2.03 bits per heavy atom. The number of rotatable bonds is 5. The molecule has 8 atom stereocenters. The van der Waals surface area contributed by atoms with Crippen LogP contribution in [0, 0.1) is 40.9 Å². The van der Waals surface area contributed by atoms with Gasteiger partial charge in [-0.15, -0.1) is 0 Å². The number of allylic oxidation sites excluding steroid dienone is 5. The average Bonchev–Trinajstić information content (AvgIpc) is 3.52. The van der Waals surface area contributed by atoms with Crippen LogP contribution in [0.25, 0.3) is 0 Å². The van der Waals surface area contributed by atoms with E-state index in [4.69, 9.17) is 0 Å². The van der Waals surface area contributed by atoms with E-state index in [1.54, 1.807) is 27.8 Å².